The number of rotatable bonds is 7. The number of thiazole rings is 1. The minimum absolute atomic E-state index is 1.06. The summed E-state index contributed by atoms with van der Waals surface area (Å²) in [6.45, 7) is 0. The van der Waals surface area contributed by atoms with E-state index in [0.717, 1.165) is 27.6 Å². The standard InChI is InChI=1S/C49H32N2S2/c1-4-12-33(13-5-1)34-20-25-39(26-21-34)51(45-19-11-10-18-41(45)36-14-6-2-7-15-36)40-27-22-35(23-28-40)38-24-29-46-42(30-38)43-31-44-48(32-47(43)52-46)53-49(50-44)37-16-8-3-9-17-37/h1-32H. The fourth-order valence-electron chi connectivity index (χ4n) is 7.28. The molecule has 0 spiro atoms. The van der Waals surface area contributed by atoms with Gasteiger partial charge in [-0.25, -0.2) is 4.98 Å². The lowest BCUT2D eigenvalue weighted by molar-refractivity contribution is 1.28. The van der Waals surface area contributed by atoms with Gasteiger partial charge in [-0.15, -0.1) is 22.7 Å². The second-order valence-corrected chi connectivity index (χ2v) is 15.3. The van der Waals surface area contributed by atoms with Gasteiger partial charge in [0.15, 0.2) is 0 Å². The van der Waals surface area contributed by atoms with E-state index in [1.807, 2.05) is 11.3 Å². The van der Waals surface area contributed by atoms with Crippen LogP contribution in [-0.4, -0.2) is 4.98 Å². The Kier molecular flexibility index (Phi) is 7.90. The van der Waals surface area contributed by atoms with E-state index in [1.165, 1.54) is 63.8 Å². The normalized spacial score (nSPS) is 11.4. The van der Waals surface area contributed by atoms with Crippen molar-refractivity contribution in [3.05, 3.63) is 194 Å². The molecule has 8 aromatic carbocycles. The lowest BCUT2D eigenvalue weighted by atomic mass is 10.00. The topological polar surface area (TPSA) is 16.1 Å². The number of aromatic nitrogens is 1. The second kappa shape index (κ2) is 13.3. The Balaban J connectivity index is 1.04. The van der Waals surface area contributed by atoms with Crippen LogP contribution in [0.1, 0.15) is 0 Å². The molecule has 2 aromatic heterocycles. The Morgan fingerprint density at radius 3 is 1.57 bits per heavy atom. The number of benzene rings is 8. The van der Waals surface area contributed by atoms with Crippen LogP contribution in [0.3, 0.4) is 0 Å². The van der Waals surface area contributed by atoms with Crippen LogP contribution >= 0.6 is 22.7 Å². The molecule has 0 saturated carbocycles. The van der Waals surface area contributed by atoms with Crippen molar-refractivity contribution in [1.29, 1.82) is 0 Å². The summed E-state index contributed by atoms with van der Waals surface area (Å²) < 4.78 is 3.82. The number of thiophene rings is 1. The van der Waals surface area contributed by atoms with Crippen molar-refractivity contribution in [1.82, 2.24) is 4.98 Å². The summed E-state index contributed by atoms with van der Waals surface area (Å²) in [6.07, 6.45) is 0. The molecule has 0 saturated heterocycles. The van der Waals surface area contributed by atoms with E-state index in [4.69, 9.17) is 4.98 Å². The van der Waals surface area contributed by atoms with Crippen molar-refractivity contribution in [3.8, 4) is 44.0 Å². The Labute approximate surface area is 316 Å². The highest BCUT2D eigenvalue weighted by atomic mass is 32.1. The summed E-state index contributed by atoms with van der Waals surface area (Å²) in [5.74, 6) is 0. The minimum Gasteiger partial charge on any atom is -0.310 e. The molecular weight excluding hydrogens is 681 g/mol. The van der Waals surface area contributed by atoms with Gasteiger partial charge >= 0.3 is 0 Å². The highest BCUT2D eigenvalue weighted by Gasteiger charge is 2.18. The average molecular weight is 713 g/mol. The molecule has 0 radical (unpaired) electrons. The van der Waals surface area contributed by atoms with Crippen LogP contribution < -0.4 is 4.90 Å². The van der Waals surface area contributed by atoms with Gasteiger partial charge in [0.25, 0.3) is 0 Å². The summed E-state index contributed by atoms with van der Waals surface area (Å²) in [6, 6.07) is 69.8. The number of anilines is 3. The van der Waals surface area contributed by atoms with Gasteiger partial charge in [0.05, 0.1) is 15.9 Å². The third-order valence-electron chi connectivity index (χ3n) is 9.92. The van der Waals surface area contributed by atoms with Gasteiger partial charge in [0.1, 0.15) is 5.01 Å². The molecule has 250 valence electrons. The average Bonchev–Trinajstić information content (AvgIpc) is 3.82. The molecule has 10 aromatic rings. The van der Waals surface area contributed by atoms with Gasteiger partial charge in [-0.05, 0) is 82.4 Å². The zero-order valence-corrected chi connectivity index (χ0v) is 30.3. The Morgan fingerprint density at radius 2 is 0.887 bits per heavy atom. The molecule has 0 amide bonds. The van der Waals surface area contributed by atoms with Gasteiger partial charge in [0, 0.05) is 42.7 Å². The Morgan fingerprint density at radius 1 is 0.358 bits per heavy atom. The number of para-hydroxylation sites is 1. The molecule has 0 bridgehead atoms. The smallest absolute Gasteiger partial charge is 0.124 e. The summed E-state index contributed by atoms with van der Waals surface area (Å²) in [4.78, 5) is 7.41. The zero-order valence-electron chi connectivity index (χ0n) is 28.7. The van der Waals surface area contributed by atoms with Gasteiger partial charge in [-0.2, -0.15) is 0 Å². The fraction of sp³-hybridized carbons (Fsp3) is 0. The first kappa shape index (κ1) is 31.4. The lowest BCUT2D eigenvalue weighted by Gasteiger charge is -2.28. The maximum absolute atomic E-state index is 5.04. The number of hydrogen-bond donors (Lipinski definition) is 0. The Hall–Kier alpha value is -6.33. The van der Waals surface area contributed by atoms with Gasteiger partial charge in [-0.3, -0.25) is 0 Å². The van der Waals surface area contributed by atoms with Crippen LogP contribution in [0.15, 0.2) is 194 Å². The largest absolute Gasteiger partial charge is 0.310 e. The first-order valence-corrected chi connectivity index (χ1v) is 19.4. The first-order chi connectivity index (χ1) is 26.2. The van der Waals surface area contributed by atoms with E-state index in [9.17, 15) is 0 Å². The molecule has 0 atom stereocenters. The van der Waals surface area contributed by atoms with Crippen molar-refractivity contribution in [2.75, 3.05) is 4.90 Å². The molecule has 0 aliphatic rings. The summed E-state index contributed by atoms with van der Waals surface area (Å²) in [7, 11) is 0. The summed E-state index contributed by atoms with van der Waals surface area (Å²) in [5.41, 5.74) is 12.7. The highest BCUT2D eigenvalue weighted by molar-refractivity contribution is 7.26. The van der Waals surface area contributed by atoms with Gasteiger partial charge in [-0.1, -0.05) is 140 Å². The summed E-state index contributed by atoms with van der Waals surface area (Å²) >= 11 is 3.62. The van der Waals surface area contributed by atoms with E-state index < -0.39 is 0 Å². The predicted octanol–water partition coefficient (Wildman–Crippen LogP) is 14.8. The van der Waals surface area contributed by atoms with Crippen molar-refractivity contribution >= 4 is 70.1 Å². The molecule has 10 rings (SSSR count). The fourth-order valence-corrected chi connectivity index (χ4v) is 9.45. The van der Waals surface area contributed by atoms with Crippen LogP contribution in [0.25, 0.3) is 74.3 Å². The van der Waals surface area contributed by atoms with E-state index in [1.54, 1.807) is 11.3 Å². The summed E-state index contributed by atoms with van der Waals surface area (Å²) in [5, 5.41) is 3.61. The maximum atomic E-state index is 5.04. The molecule has 2 nitrogen and oxygen atoms in total. The van der Waals surface area contributed by atoms with Crippen LogP contribution in [0.2, 0.25) is 0 Å². The van der Waals surface area contributed by atoms with Gasteiger partial charge in [0.2, 0.25) is 0 Å². The van der Waals surface area contributed by atoms with E-state index >= 15 is 0 Å². The SMILES string of the molecule is c1ccc(-c2ccc(N(c3ccc(-c4ccc5sc6cc7sc(-c8ccccc8)nc7cc6c5c4)cc3)c3ccccc3-c3ccccc3)cc2)cc1. The lowest BCUT2D eigenvalue weighted by Crippen LogP contribution is -2.11. The molecule has 4 heteroatoms. The molecule has 2 heterocycles. The molecule has 0 fully saturated rings. The molecule has 0 aliphatic carbocycles. The monoisotopic (exact) mass is 712 g/mol. The third kappa shape index (κ3) is 5.88. The van der Waals surface area contributed by atoms with Crippen molar-refractivity contribution in [2.45, 2.75) is 0 Å². The first-order valence-electron chi connectivity index (χ1n) is 17.8. The van der Waals surface area contributed by atoms with Gasteiger partial charge < -0.3 is 4.90 Å². The zero-order chi connectivity index (χ0) is 35.1. The van der Waals surface area contributed by atoms with E-state index in [2.05, 4.69) is 199 Å². The third-order valence-corrected chi connectivity index (χ3v) is 12.1. The van der Waals surface area contributed by atoms with Crippen LogP contribution in [0.5, 0.6) is 0 Å². The molecule has 0 N–H and O–H groups in total. The van der Waals surface area contributed by atoms with Crippen molar-refractivity contribution < 1.29 is 0 Å². The maximum Gasteiger partial charge on any atom is 0.124 e. The molecule has 0 aliphatic heterocycles. The number of hydrogen-bond acceptors (Lipinski definition) is 4. The van der Waals surface area contributed by atoms with E-state index in [-0.39, 0.29) is 0 Å². The van der Waals surface area contributed by atoms with Crippen LogP contribution in [-0.2, 0) is 0 Å². The van der Waals surface area contributed by atoms with Crippen LogP contribution in [0, 0.1) is 0 Å². The second-order valence-electron chi connectivity index (χ2n) is 13.2. The minimum atomic E-state index is 1.06. The molecule has 53 heavy (non-hydrogen) atoms. The van der Waals surface area contributed by atoms with Crippen molar-refractivity contribution in [3.63, 3.8) is 0 Å². The number of nitrogens with zero attached hydrogens (tertiary/aromatic N) is 2. The highest BCUT2D eigenvalue weighted by Crippen LogP contribution is 2.43. The Bertz CT molecular complexity index is 2860. The number of fused-ring (bicyclic) bond motifs is 4. The van der Waals surface area contributed by atoms with Crippen molar-refractivity contribution in [2.24, 2.45) is 0 Å². The van der Waals surface area contributed by atoms with Crippen LogP contribution in [0.4, 0.5) is 17.1 Å². The molecular formula is C49H32N2S2. The van der Waals surface area contributed by atoms with E-state index in [0.29, 0.717) is 0 Å². The molecule has 0 unspecified atom stereocenters. The quantitative estimate of drug-likeness (QED) is 0.164. The predicted molar refractivity (Wildman–Crippen MR) is 229 cm³/mol.